The molecular formula is C28H32O8. The van der Waals surface area contributed by atoms with Crippen LogP contribution in [-0.2, 0) is 9.59 Å². The number of fused-ring (bicyclic) bond motifs is 1. The summed E-state index contributed by atoms with van der Waals surface area (Å²) in [5.41, 5.74) is 2.31. The summed E-state index contributed by atoms with van der Waals surface area (Å²) in [5, 5.41) is 17.8. The zero-order valence-electron chi connectivity index (χ0n) is 20.5. The molecule has 0 amide bonds. The van der Waals surface area contributed by atoms with Gasteiger partial charge in [0, 0.05) is 18.9 Å². The molecule has 0 spiro atoms. The molecular weight excluding hydrogens is 464 g/mol. The number of rotatable bonds is 15. The first-order valence-electron chi connectivity index (χ1n) is 12.2. The van der Waals surface area contributed by atoms with Gasteiger partial charge in [-0.1, -0.05) is 12.1 Å². The van der Waals surface area contributed by atoms with Crippen molar-refractivity contribution >= 4 is 22.9 Å². The van der Waals surface area contributed by atoms with E-state index in [0.29, 0.717) is 54.1 Å². The Morgan fingerprint density at radius 1 is 0.833 bits per heavy atom. The molecule has 2 aromatic carbocycles. The van der Waals surface area contributed by atoms with E-state index in [1.165, 1.54) is 6.26 Å². The minimum Gasteiger partial charge on any atom is -0.494 e. The molecule has 3 rings (SSSR count). The molecule has 2 N–H and O–H groups in total. The summed E-state index contributed by atoms with van der Waals surface area (Å²) in [4.78, 5) is 34.3. The molecule has 0 fully saturated rings. The van der Waals surface area contributed by atoms with Crippen LogP contribution < -0.4 is 14.9 Å². The van der Waals surface area contributed by atoms with Gasteiger partial charge in [-0.2, -0.15) is 0 Å². The van der Waals surface area contributed by atoms with E-state index in [4.69, 9.17) is 24.1 Å². The average Bonchev–Trinajstić information content (AvgIpc) is 2.84. The molecule has 0 bridgehead atoms. The van der Waals surface area contributed by atoms with Crippen molar-refractivity contribution in [2.24, 2.45) is 0 Å². The van der Waals surface area contributed by atoms with Crippen molar-refractivity contribution in [2.45, 2.75) is 58.3 Å². The number of unbranched alkanes of at least 4 members (excludes halogenated alkanes) is 4. The second-order valence-corrected chi connectivity index (χ2v) is 8.72. The second kappa shape index (κ2) is 13.3. The Morgan fingerprint density at radius 3 is 2.06 bits per heavy atom. The van der Waals surface area contributed by atoms with Gasteiger partial charge in [-0.25, -0.2) is 0 Å². The van der Waals surface area contributed by atoms with Crippen LogP contribution in [0.15, 0.2) is 51.9 Å². The van der Waals surface area contributed by atoms with E-state index >= 15 is 0 Å². The SMILES string of the molecule is Cc1cc2c(=O)c(-c3ccc(OCCCCCC(=O)O)cc3)coc2cc1OCCCCCC(=O)O. The molecule has 0 aliphatic carbocycles. The molecule has 192 valence electrons. The molecule has 8 heteroatoms. The number of hydrogen-bond acceptors (Lipinski definition) is 6. The first kappa shape index (κ1) is 26.8. The number of hydrogen-bond donors (Lipinski definition) is 2. The van der Waals surface area contributed by atoms with E-state index in [9.17, 15) is 14.4 Å². The van der Waals surface area contributed by atoms with E-state index in [-0.39, 0.29) is 18.3 Å². The highest BCUT2D eigenvalue weighted by atomic mass is 16.5. The Bertz CT molecular complexity index is 1230. The lowest BCUT2D eigenvalue weighted by molar-refractivity contribution is -0.138. The first-order valence-corrected chi connectivity index (χ1v) is 12.2. The van der Waals surface area contributed by atoms with E-state index in [1.807, 2.05) is 19.1 Å². The van der Waals surface area contributed by atoms with Crippen LogP contribution in [0.4, 0.5) is 0 Å². The van der Waals surface area contributed by atoms with Crippen LogP contribution in [0.1, 0.15) is 56.9 Å². The molecule has 36 heavy (non-hydrogen) atoms. The van der Waals surface area contributed by atoms with Gasteiger partial charge in [0.15, 0.2) is 0 Å². The fourth-order valence-electron chi connectivity index (χ4n) is 3.83. The van der Waals surface area contributed by atoms with Gasteiger partial charge in [-0.15, -0.1) is 0 Å². The Balaban J connectivity index is 1.60. The maximum atomic E-state index is 13.2. The fraction of sp³-hybridized carbons (Fsp3) is 0.393. The lowest BCUT2D eigenvalue weighted by atomic mass is 10.0. The quantitative estimate of drug-likeness (QED) is 0.252. The van der Waals surface area contributed by atoms with Gasteiger partial charge in [0.2, 0.25) is 5.43 Å². The number of aliphatic carboxylic acids is 2. The van der Waals surface area contributed by atoms with Crippen LogP contribution in [0.25, 0.3) is 22.1 Å². The summed E-state index contributed by atoms with van der Waals surface area (Å²) in [7, 11) is 0. The standard InChI is InChI=1S/C28H32O8/c1-19-16-22-25(17-24(19)35-15-7-3-5-9-27(31)32)36-18-23(28(22)33)20-10-12-21(13-11-20)34-14-6-2-4-8-26(29)30/h10-13,16-18H,2-9,14-15H2,1H3,(H,29,30)(H,31,32). The third-order valence-electron chi connectivity index (χ3n) is 5.83. The van der Waals surface area contributed by atoms with Crippen LogP contribution in [0.2, 0.25) is 0 Å². The second-order valence-electron chi connectivity index (χ2n) is 8.72. The molecule has 0 saturated heterocycles. The number of benzene rings is 2. The predicted octanol–water partition coefficient (Wildman–Crippen LogP) is 5.82. The number of aryl methyl sites for hydroxylation is 1. The monoisotopic (exact) mass is 496 g/mol. The molecule has 0 unspecified atom stereocenters. The van der Waals surface area contributed by atoms with E-state index in [1.54, 1.807) is 24.3 Å². The Hall–Kier alpha value is -3.81. The van der Waals surface area contributed by atoms with Gasteiger partial charge in [0.25, 0.3) is 0 Å². The highest BCUT2D eigenvalue weighted by Crippen LogP contribution is 2.27. The Kier molecular flexibility index (Phi) is 9.92. The van der Waals surface area contributed by atoms with Crippen molar-refractivity contribution < 1.29 is 33.7 Å². The molecule has 0 aliphatic rings. The van der Waals surface area contributed by atoms with E-state index < -0.39 is 11.9 Å². The van der Waals surface area contributed by atoms with Crippen LogP contribution in [0.3, 0.4) is 0 Å². The molecule has 3 aromatic rings. The van der Waals surface area contributed by atoms with Crippen molar-refractivity contribution in [3.05, 3.63) is 58.4 Å². The molecule has 0 aliphatic heterocycles. The summed E-state index contributed by atoms with van der Waals surface area (Å²) in [6.45, 7) is 2.84. The van der Waals surface area contributed by atoms with Crippen molar-refractivity contribution in [1.29, 1.82) is 0 Å². The molecule has 0 atom stereocenters. The number of carbonyl (C=O) groups is 2. The minimum atomic E-state index is -0.790. The maximum Gasteiger partial charge on any atom is 0.303 e. The van der Waals surface area contributed by atoms with Crippen molar-refractivity contribution in [3.63, 3.8) is 0 Å². The molecule has 0 saturated carbocycles. The summed E-state index contributed by atoms with van der Waals surface area (Å²) in [6.07, 6.45) is 6.13. The molecule has 0 radical (unpaired) electrons. The number of carboxylic acids is 2. The zero-order valence-corrected chi connectivity index (χ0v) is 20.5. The lowest BCUT2D eigenvalue weighted by Gasteiger charge is -2.11. The van der Waals surface area contributed by atoms with Gasteiger partial charge in [-0.3, -0.25) is 14.4 Å². The van der Waals surface area contributed by atoms with Crippen LogP contribution in [0.5, 0.6) is 11.5 Å². The molecule has 1 heterocycles. The van der Waals surface area contributed by atoms with Gasteiger partial charge in [0.05, 0.1) is 24.2 Å². The highest BCUT2D eigenvalue weighted by molar-refractivity contribution is 5.83. The maximum absolute atomic E-state index is 13.2. The summed E-state index contributed by atoms with van der Waals surface area (Å²) in [5.74, 6) is -0.249. The molecule has 1 aromatic heterocycles. The van der Waals surface area contributed by atoms with Crippen LogP contribution >= 0.6 is 0 Å². The van der Waals surface area contributed by atoms with Crippen molar-refractivity contribution in [3.8, 4) is 22.6 Å². The highest BCUT2D eigenvalue weighted by Gasteiger charge is 2.12. The first-order chi connectivity index (χ1) is 17.3. The van der Waals surface area contributed by atoms with Crippen LogP contribution in [-0.4, -0.2) is 35.4 Å². The predicted molar refractivity (Wildman–Crippen MR) is 136 cm³/mol. The van der Waals surface area contributed by atoms with Gasteiger partial charge in [-0.05, 0) is 74.8 Å². The lowest BCUT2D eigenvalue weighted by Crippen LogP contribution is -2.06. The third-order valence-corrected chi connectivity index (χ3v) is 5.83. The fourth-order valence-corrected chi connectivity index (χ4v) is 3.83. The van der Waals surface area contributed by atoms with Crippen molar-refractivity contribution in [1.82, 2.24) is 0 Å². The zero-order chi connectivity index (χ0) is 25.9. The molecule has 8 nitrogen and oxygen atoms in total. The van der Waals surface area contributed by atoms with E-state index in [2.05, 4.69) is 0 Å². The topological polar surface area (TPSA) is 123 Å². The normalized spacial score (nSPS) is 10.9. The van der Waals surface area contributed by atoms with Crippen LogP contribution in [0, 0.1) is 6.92 Å². The number of carboxylic acid groups (broad SMARTS) is 2. The van der Waals surface area contributed by atoms with Gasteiger partial charge >= 0.3 is 11.9 Å². The Morgan fingerprint density at radius 2 is 1.44 bits per heavy atom. The summed E-state index contributed by atoms with van der Waals surface area (Å²) in [6, 6.07) is 10.7. The smallest absolute Gasteiger partial charge is 0.303 e. The summed E-state index contributed by atoms with van der Waals surface area (Å²) >= 11 is 0. The average molecular weight is 497 g/mol. The third kappa shape index (κ3) is 7.86. The minimum absolute atomic E-state index is 0.133. The van der Waals surface area contributed by atoms with Gasteiger partial charge in [0.1, 0.15) is 23.3 Å². The van der Waals surface area contributed by atoms with Gasteiger partial charge < -0.3 is 24.1 Å². The van der Waals surface area contributed by atoms with E-state index in [0.717, 1.165) is 36.8 Å². The van der Waals surface area contributed by atoms with Crippen molar-refractivity contribution in [2.75, 3.05) is 13.2 Å². The summed E-state index contributed by atoms with van der Waals surface area (Å²) < 4.78 is 17.3. The number of ether oxygens (including phenoxy) is 2. The largest absolute Gasteiger partial charge is 0.494 e. The Labute approximate surface area is 209 Å².